The molecule has 4 nitrogen and oxygen atoms in total. The van der Waals surface area contributed by atoms with E-state index in [0.717, 1.165) is 15.6 Å². The third kappa shape index (κ3) is 5.04. The average Bonchev–Trinajstić information content (AvgIpc) is 2.49. The first-order valence-electron chi connectivity index (χ1n) is 6.41. The zero-order valence-corrected chi connectivity index (χ0v) is 13.1. The van der Waals surface area contributed by atoms with Gasteiger partial charge in [0.2, 0.25) is 0 Å². The smallest absolute Gasteiger partial charge is 0.277 e. The number of hydrazone groups is 1. The summed E-state index contributed by atoms with van der Waals surface area (Å²) in [4.78, 5) is 11.6. The molecule has 0 spiro atoms. The van der Waals surface area contributed by atoms with Crippen LogP contribution in [-0.2, 0) is 4.79 Å². The van der Waals surface area contributed by atoms with E-state index >= 15 is 0 Å². The Morgan fingerprint density at radius 2 is 2.05 bits per heavy atom. The van der Waals surface area contributed by atoms with Gasteiger partial charge in [-0.3, -0.25) is 4.79 Å². The molecule has 0 saturated heterocycles. The van der Waals surface area contributed by atoms with Crippen LogP contribution in [0.15, 0.2) is 58.1 Å². The molecule has 2 aromatic carbocycles. The highest BCUT2D eigenvalue weighted by molar-refractivity contribution is 9.10. The maximum atomic E-state index is 11.6. The summed E-state index contributed by atoms with van der Waals surface area (Å²) in [6.07, 6.45) is 1.58. The van der Waals surface area contributed by atoms with Gasteiger partial charge < -0.3 is 4.74 Å². The predicted octanol–water partition coefficient (Wildman–Crippen LogP) is 3.29. The number of nitrogens with zero attached hydrogens (tertiary/aromatic N) is 1. The summed E-state index contributed by atoms with van der Waals surface area (Å²) in [6.45, 7) is 1.88. The molecule has 2 rings (SSSR count). The molecule has 0 fully saturated rings. The second-order valence-electron chi connectivity index (χ2n) is 4.40. The Labute approximate surface area is 132 Å². The number of halogens is 1. The monoisotopic (exact) mass is 346 g/mol. The van der Waals surface area contributed by atoms with Crippen molar-refractivity contribution in [2.45, 2.75) is 6.92 Å². The van der Waals surface area contributed by atoms with Crippen LogP contribution in [0.3, 0.4) is 0 Å². The minimum absolute atomic E-state index is 0.0762. The molecule has 0 aromatic heterocycles. The van der Waals surface area contributed by atoms with Crippen LogP contribution in [0.4, 0.5) is 0 Å². The first-order chi connectivity index (χ1) is 10.1. The third-order valence-corrected chi connectivity index (χ3v) is 3.59. The molecule has 0 bridgehead atoms. The molecular weight excluding hydrogens is 332 g/mol. The van der Waals surface area contributed by atoms with E-state index < -0.39 is 0 Å². The van der Waals surface area contributed by atoms with Gasteiger partial charge >= 0.3 is 0 Å². The van der Waals surface area contributed by atoms with Gasteiger partial charge in [-0.2, -0.15) is 5.10 Å². The van der Waals surface area contributed by atoms with Crippen LogP contribution in [0.1, 0.15) is 11.1 Å². The summed E-state index contributed by atoms with van der Waals surface area (Å²) in [6, 6.07) is 15.1. The molecule has 0 aliphatic heterocycles. The van der Waals surface area contributed by atoms with Crippen LogP contribution in [0, 0.1) is 6.92 Å². The number of benzene rings is 2. The number of aryl methyl sites for hydroxylation is 1. The summed E-state index contributed by atoms with van der Waals surface area (Å²) in [5.74, 6) is 0.348. The lowest BCUT2D eigenvalue weighted by Crippen LogP contribution is -2.24. The van der Waals surface area contributed by atoms with Gasteiger partial charge in [0, 0.05) is 4.47 Å². The normalized spacial score (nSPS) is 10.6. The van der Waals surface area contributed by atoms with Crippen molar-refractivity contribution in [2.24, 2.45) is 5.10 Å². The standard InChI is InChI=1S/C16H15BrN2O2/c1-12-9-14(7-8-15(12)17)21-11-16(20)19-18-10-13-5-3-2-4-6-13/h2-10H,11H2,1H3,(H,19,20). The lowest BCUT2D eigenvalue weighted by molar-refractivity contribution is -0.123. The van der Waals surface area contributed by atoms with Gasteiger partial charge in [-0.25, -0.2) is 5.43 Å². The summed E-state index contributed by atoms with van der Waals surface area (Å²) in [5.41, 5.74) is 4.39. The van der Waals surface area contributed by atoms with Crippen molar-refractivity contribution in [3.8, 4) is 5.75 Å². The van der Waals surface area contributed by atoms with Gasteiger partial charge in [-0.15, -0.1) is 0 Å². The number of hydrogen-bond donors (Lipinski definition) is 1. The molecular formula is C16H15BrN2O2. The Balaban J connectivity index is 1.79. The summed E-state index contributed by atoms with van der Waals surface area (Å²) in [7, 11) is 0. The molecule has 0 saturated carbocycles. The number of rotatable bonds is 5. The van der Waals surface area contributed by atoms with Gasteiger partial charge in [-0.1, -0.05) is 46.3 Å². The summed E-state index contributed by atoms with van der Waals surface area (Å²) in [5, 5.41) is 3.87. The lowest BCUT2D eigenvalue weighted by Gasteiger charge is -2.06. The highest BCUT2D eigenvalue weighted by Gasteiger charge is 2.02. The number of carbonyl (C=O) groups is 1. The minimum Gasteiger partial charge on any atom is -0.484 e. The second-order valence-corrected chi connectivity index (χ2v) is 5.26. The van der Waals surface area contributed by atoms with Crippen molar-refractivity contribution in [3.63, 3.8) is 0 Å². The van der Waals surface area contributed by atoms with Crippen LogP contribution in [0.25, 0.3) is 0 Å². The number of nitrogens with one attached hydrogen (secondary N) is 1. The molecule has 21 heavy (non-hydrogen) atoms. The summed E-state index contributed by atoms with van der Waals surface area (Å²) < 4.78 is 6.41. The molecule has 1 amide bonds. The number of carbonyl (C=O) groups excluding carboxylic acids is 1. The van der Waals surface area contributed by atoms with Gasteiger partial charge in [0.05, 0.1) is 6.21 Å². The van der Waals surface area contributed by atoms with E-state index in [4.69, 9.17) is 4.74 Å². The number of amides is 1. The molecule has 5 heteroatoms. The maximum absolute atomic E-state index is 11.6. The molecule has 108 valence electrons. The molecule has 0 radical (unpaired) electrons. The SMILES string of the molecule is Cc1cc(OCC(=O)NN=Cc2ccccc2)ccc1Br. The minimum atomic E-state index is -0.303. The Morgan fingerprint density at radius 3 is 2.76 bits per heavy atom. The molecule has 1 N–H and O–H groups in total. The van der Waals surface area contributed by atoms with Gasteiger partial charge in [0.15, 0.2) is 6.61 Å². The largest absolute Gasteiger partial charge is 0.484 e. The molecule has 2 aromatic rings. The van der Waals surface area contributed by atoms with Crippen molar-refractivity contribution in [1.29, 1.82) is 0 Å². The fraction of sp³-hybridized carbons (Fsp3) is 0.125. The number of ether oxygens (including phenoxy) is 1. The van der Waals surface area contributed by atoms with E-state index in [1.807, 2.05) is 49.4 Å². The van der Waals surface area contributed by atoms with Crippen LogP contribution in [-0.4, -0.2) is 18.7 Å². The maximum Gasteiger partial charge on any atom is 0.277 e. The highest BCUT2D eigenvalue weighted by Crippen LogP contribution is 2.21. The zero-order valence-electron chi connectivity index (χ0n) is 11.5. The van der Waals surface area contributed by atoms with Crippen molar-refractivity contribution in [3.05, 3.63) is 64.1 Å². The van der Waals surface area contributed by atoms with Crippen LogP contribution in [0.2, 0.25) is 0 Å². The van der Waals surface area contributed by atoms with Gasteiger partial charge in [-0.05, 0) is 36.2 Å². The predicted molar refractivity (Wildman–Crippen MR) is 86.6 cm³/mol. The average molecular weight is 347 g/mol. The van der Waals surface area contributed by atoms with Crippen LogP contribution < -0.4 is 10.2 Å². The molecule has 0 aliphatic rings. The topological polar surface area (TPSA) is 50.7 Å². The van der Waals surface area contributed by atoms with Crippen molar-refractivity contribution < 1.29 is 9.53 Å². The zero-order chi connectivity index (χ0) is 15.1. The number of hydrogen-bond acceptors (Lipinski definition) is 3. The Kier molecular flexibility index (Phi) is 5.51. The Bertz CT molecular complexity index is 642. The molecule has 0 atom stereocenters. The van der Waals surface area contributed by atoms with E-state index in [9.17, 15) is 4.79 Å². The van der Waals surface area contributed by atoms with Crippen LogP contribution >= 0.6 is 15.9 Å². The molecule has 0 unspecified atom stereocenters. The fourth-order valence-corrected chi connectivity index (χ4v) is 1.85. The molecule has 0 aliphatic carbocycles. The van der Waals surface area contributed by atoms with E-state index in [2.05, 4.69) is 26.5 Å². The summed E-state index contributed by atoms with van der Waals surface area (Å²) >= 11 is 3.41. The van der Waals surface area contributed by atoms with Gasteiger partial charge in [0.1, 0.15) is 5.75 Å². The van der Waals surface area contributed by atoms with Gasteiger partial charge in [0.25, 0.3) is 5.91 Å². The quantitative estimate of drug-likeness (QED) is 0.667. The van der Waals surface area contributed by atoms with Crippen LogP contribution in [0.5, 0.6) is 5.75 Å². The Hall–Kier alpha value is -2.14. The van der Waals surface area contributed by atoms with E-state index in [1.165, 1.54) is 0 Å². The Morgan fingerprint density at radius 1 is 1.29 bits per heavy atom. The van der Waals surface area contributed by atoms with E-state index in [1.54, 1.807) is 12.3 Å². The van der Waals surface area contributed by atoms with Crippen molar-refractivity contribution in [2.75, 3.05) is 6.61 Å². The lowest BCUT2D eigenvalue weighted by atomic mass is 10.2. The van der Waals surface area contributed by atoms with E-state index in [-0.39, 0.29) is 12.5 Å². The molecule has 0 heterocycles. The highest BCUT2D eigenvalue weighted by atomic mass is 79.9. The van der Waals surface area contributed by atoms with Crippen molar-refractivity contribution >= 4 is 28.1 Å². The first kappa shape index (κ1) is 15.3. The first-order valence-corrected chi connectivity index (χ1v) is 7.20. The fourth-order valence-electron chi connectivity index (χ4n) is 1.61. The second kappa shape index (κ2) is 7.59. The van der Waals surface area contributed by atoms with E-state index in [0.29, 0.717) is 5.75 Å². The van der Waals surface area contributed by atoms with Crippen molar-refractivity contribution in [1.82, 2.24) is 5.43 Å². The third-order valence-electron chi connectivity index (χ3n) is 2.70.